The summed E-state index contributed by atoms with van der Waals surface area (Å²) in [5, 5.41) is 0. The lowest BCUT2D eigenvalue weighted by atomic mass is 9.93. The maximum Gasteiger partial charge on any atom is 0.416 e. The summed E-state index contributed by atoms with van der Waals surface area (Å²) in [7, 11) is 0. The number of alkyl halides is 3. The Labute approximate surface area is 104 Å². The zero-order valence-corrected chi connectivity index (χ0v) is 10.3. The number of esters is 1. The van der Waals surface area contributed by atoms with Gasteiger partial charge in [0.25, 0.3) is 0 Å². The number of benzene rings is 1. The van der Waals surface area contributed by atoms with Crippen LogP contribution in [0.25, 0.3) is 0 Å². The van der Waals surface area contributed by atoms with Crippen molar-refractivity contribution >= 4 is 5.97 Å². The predicted molar refractivity (Wildman–Crippen MR) is 61.1 cm³/mol. The van der Waals surface area contributed by atoms with Crippen molar-refractivity contribution in [2.24, 2.45) is 0 Å². The summed E-state index contributed by atoms with van der Waals surface area (Å²) >= 11 is 0. The smallest absolute Gasteiger partial charge is 0.416 e. The van der Waals surface area contributed by atoms with E-state index in [-0.39, 0.29) is 18.6 Å². The first kappa shape index (κ1) is 14.5. The van der Waals surface area contributed by atoms with Gasteiger partial charge < -0.3 is 4.74 Å². The highest BCUT2D eigenvalue weighted by atomic mass is 19.4. The number of rotatable bonds is 4. The third kappa shape index (κ3) is 3.75. The maximum atomic E-state index is 12.8. The van der Waals surface area contributed by atoms with Gasteiger partial charge in [-0.1, -0.05) is 25.1 Å². The van der Waals surface area contributed by atoms with Gasteiger partial charge in [-0.05, 0) is 24.5 Å². The Balaban J connectivity index is 2.92. The lowest BCUT2D eigenvalue weighted by molar-refractivity contribution is -0.144. The van der Waals surface area contributed by atoms with Crippen LogP contribution in [0.3, 0.4) is 0 Å². The Hall–Kier alpha value is -1.52. The van der Waals surface area contributed by atoms with E-state index in [9.17, 15) is 18.0 Å². The number of hydrogen-bond acceptors (Lipinski definition) is 2. The zero-order valence-electron chi connectivity index (χ0n) is 10.3. The quantitative estimate of drug-likeness (QED) is 0.770. The van der Waals surface area contributed by atoms with E-state index in [1.54, 1.807) is 13.8 Å². The van der Waals surface area contributed by atoms with Gasteiger partial charge in [-0.25, -0.2) is 0 Å². The Kier molecular flexibility index (Phi) is 4.76. The molecule has 0 heterocycles. The topological polar surface area (TPSA) is 26.3 Å². The first-order valence-electron chi connectivity index (χ1n) is 5.68. The van der Waals surface area contributed by atoms with Crippen molar-refractivity contribution < 1.29 is 22.7 Å². The third-order valence-corrected chi connectivity index (χ3v) is 2.58. The number of hydrogen-bond donors (Lipinski definition) is 0. The summed E-state index contributed by atoms with van der Waals surface area (Å²) in [6.07, 6.45) is -4.46. The van der Waals surface area contributed by atoms with Gasteiger partial charge in [-0.3, -0.25) is 4.79 Å². The van der Waals surface area contributed by atoms with Crippen molar-refractivity contribution in [1.29, 1.82) is 0 Å². The molecule has 100 valence electrons. The van der Waals surface area contributed by atoms with Gasteiger partial charge in [0.2, 0.25) is 0 Å². The van der Waals surface area contributed by atoms with Crippen molar-refractivity contribution in [1.82, 2.24) is 0 Å². The standard InChI is InChI=1S/C13H15F3O2/c1-3-18-12(17)8-9(2)10-6-4-5-7-11(10)13(14,15)16/h4-7,9H,3,8H2,1-2H3/t9-/m0/s1. The van der Waals surface area contributed by atoms with Crippen molar-refractivity contribution in [3.05, 3.63) is 35.4 Å². The Morgan fingerprint density at radius 2 is 1.94 bits per heavy atom. The van der Waals surface area contributed by atoms with Crippen LogP contribution < -0.4 is 0 Å². The van der Waals surface area contributed by atoms with Crippen LogP contribution in [-0.2, 0) is 15.7 Å². The molecule has 0 aliphatic heterocycles. The minimum Gasteiger partial charge on any atom is -0.466 e. The van der Waals surface area contributed by atoms with E-state index >= 15 is 0 Å². The molecule has 0 aromatic heterocycles. The number of halogens is 3. The van der Waals surface area contributed by atoms with Gasteiger partial charge in [0.05, 0.1) is 18.6 Å². The molecule has 0 radical (unpaired) electrons. The first-order valence-corrected chi connectivity index (χ1v) is 5.68. The van der Waals surface area contributed by atoms with E-state index in [4.69, 9.17) is 4.74 Å². The summed E-state index contributed by atoms with van der Waals surface area (Å²) < 4.78 is 43.1. The summed E-state index contributed by atoms with van der Waals surface area (Å²) in [6, 6.07) is 5.29. The largest absolute Gasteiger partial charge is 0.466 e. The van der Waals surface area contributed by atoms with Gasteiger partial charge in [0.1, 0.15) is 0 Å². The summed E-state index contributed by atoms with van der Waals surface area (Å²) in [5.74, 6) is -1.01. The van der Waals surface area contributed by atoms with Gasteiger partial charge in [0, 0.05) is 0 Å². The van der Waals surface area contributed by atoms with Crippen molar-refractivity contribution in [2.45, 2.75) is 32.4 Å². The molecule has 0 bridgehead atoms. The van der Waals surface area contributed by atoms with Crippen molar-refractivity contribution in [2.75, 3.05) is 6.61 Å². The molecule has 2 nitrogen and oxygen atoms in total. The molecular formula is C13H15F3O2. The van der Waals surface area contributed by atoms with E-state index in [0.29, 0.717) is 0 Å². The van der Waals surface area contributed by atoms with Crippen LogP contribution in [0.4, 0.5) is 13.2 Å². The molecule has 0 saturated carbocycles. The van der Waals surface area contributed by atoms with E-state index in [2.05, 4.69) is 0 Å². The molecule has 18 heavy (non-hydrogen) atoms. The molecule has 1 aromatic rings. The fraction of sp³-hybridized carbons (Fsp3) is 0.462. The Bertz CT molecular complexity index is 413. The summed E-state index contributed by atoms with van der Waals surface area (Å²) in [6.45, 7) is 3.47. The lowest BCUT2D eigenvalue weighted by Gasteiger charge is -2.17. The normalized spacial score (nSPS) is 13.2. The third-order valence-electron chi connectivity index (χ3n) is 2.58. The number of ether oxygens (including phenoxy) is 1. The average molecular weight is 260 g/mol. The first-order chi connectivity index (χ1) is 8.36. The Morgan fingerprint density at radius 1 is 1.33 bits per heavy atom. The monoisotopic (exact) mass is 260 g/mol. The minimum atomic E-state index is -4.40. The summed E-state index contributed by atoms with van der Waals surface area (Å²) in [5.41, 5.74) is -0.570. The lowest BCUT2D eigenvalue weighted by Crippen LogP contribution is -2.14. The van der Waals surface area contributed by atoms with E-state index in [1.165, 1.54) is 18.2 Å². The molecule has 1 rings (SSSR count). The van der Waals surface area contributed by atoms with E-state index < -0.39 is 23.6 Å². The summed E-state index contributed by atoms with van der Waals surface area (Å²) in [4.78, 5) is 11.3. The van der Waals surface area contributed by atoms with Crippen molar-refractivity contribution in [3.8, 4) is 0 Å². The Morgan fingerprint density at radius 3 is 2.50 bits per heavy atom. The zero-order chi connectivity index (χ0) is 13.8. The maximum absolute atomic E-state index is 12.8. The van der Waals surface area contributed by atoms with Gasteiger partial charge >= 0.3 is 12.1 Å². The molecule has 0 unspecified atom stereocenters. The second-order valence-electron chi connectivity index (χ2n) is 4.00. The fourth-order valence-electron chi connectivity index (χ4n) is 1.76. The average Bonchev–Trinajstić information content (AvgIpc) is 2.28. The molecule has 0 spiro atoms. The molecule has 5 heteroatoms. The number of carbonyl (C=O) groups is 1. The minimum absolute atomic E-state index is 0.0546. The molecular weight excluding hydrogens is 245 g/mol. The highest BCUT2D eigenvalue weighted by molar-refractivity contribution is 5.70. The SMILES string of the molecule is CCOC(=O)C[C@H](C)c1ccccc1C(F)(F)F. The molecule has 0 fully saturated rings. The molecule has 0 amide bonds. The van der Waals surface area contributed by atoms with Crippen LogP contribution >= 0.6 is 0 Å². The fourth-order valence-corrected chi connectivity index (χ4v) is 1.76. The second kappa shape index (κ2) is 5.89. The van der Waals surface area contributed by atoms with Crippen LogP contribution in [0.1, 0.15) is 37.3 Å². The molecule has 0 aliphatic carbocycles. The molecule has 0 saturated heterocycles. The second-order valence-corrected chi connectivity index (χ2v) is 4.00. The van der Waals surface area contributed by atoms with Crippen LogP contribution in [0, 0.1) is 0 Å². The van der Waals surface area contributed by atoms with Crippen LogP contribution in [0.2, 0.25) is 0 Å². The van der Waals surface area contributed by atoms with Crippen LogP contribution in [0.15, 0.2) is 24.3 Å². The van der Waals surface area contributed by atoms with Gasteiger partial charge in [0.15, 0.2) is 0 Å². The highest BCUT2D eigenvalue weighted by Crippen LogP contribution is 2.35. The highest BCUT2D eigenvalue weighted by Gasteiger charge is 2.34. The molecule has 1 aromatic carbocycles. The van der Waals surface area contributed by atoms with Crippen LogP contribution in [-0.4, -0.2) is 12.6 Å². The van der Waals surface area contributed by atoms with Gasteiger partial charge in [-0.15, -0.1) is 0 Å². The van der Waals surface area contributed by atoms with Gasteiger partial charge in [-0.2, -0.15) is 13.2 Å². The molecule has 0 N–H and O–H groups in total. The number of carbonyl (C=O) groups excluding carboxylic acids is 1. The van der Waals surface area contributed by atoms with E-state index in [1.807, 2.05) is 0 Å². The molecule has 1 atom stereocenters. The predicted octanol–water partition coefficient (Wildman–Crippen LogP) is 3.76. The van der Waals surface area contributed by atoms with Crippen molar-refractivity contribution in [3.63, 3.8) is 0 Å². The molecule has 0 aliphatic rings. The van der Waals surface area contributed by atoms with Crippen LogP contribution in [0.5, 0.6) is 0 Å². The van der Waals surface area contributed by atoms with E-state index in [0.717, 1.165) is 6.07 Å².